The van der Waals surface area contributed by atoms with E-state index in [9.17, 15) is 0 Å². The molecule has 1 aliphatic heterocycles. The van der Waals surface area contributed by atoms with Crippen molar-refractivity contribution in [2.75, 3.05) is 6.54 Å². The summed E-state index contributed by atoms with van der Waals surface area (Å²) in [5, 5.41) is 3.54. The van der Waals surface area contributed by atoms with E-state index in [1.165, 1.54) is 67.5 Å². The van der Waals surface area contributed by atoms with Crippen molar-refractivity contribution in [3.8, 4) is 0 Å². The molecule has 21 heavy (non-hydrogen) atoms. The fraction of sp³-hybridized carbons (Fsp3) is 0.526. The molecule has 0 bridgehead atoms. The van der Waals surface area contributed by atoms with Crippen LogP contribution in [0.3, 0.4) is 0 Å². The molecule has 1 heterocycles. The monoisotopic (exact) mass is 282 g/mol. The van der Waals surface area contributed by atoms with Crippen LogP contribution in [0, 0.1) is 0 Å². The van der Waals surface area contributed by atoms with E-state index in [4.69, 9.17) is 4.99 Å². The molecule has 1 aliphatic carbocycles. The van der Waals surface area contributed by atoms with Gasteiger partial charge in [0.1, 0.15) is 0 Å². The van der Waals surface area contributed by atoms with Gasteiger partial charge in [0.05, 0.1) is 11.8 Å². The van der Waals surface area contributed by atoms with Crippen LogP contribution in [0.5, 0.6) is 0 Å². The van der Waals surface area contributed by atoms with Crippen LogP contribution in [0.1, 0.15) is 57.4 Å². The smallest absolute Gasteiger partial charge is 0.0696 e. The number of nitrogens with one attached hydrogen (secondary N) is 1. The molecule has 0 atom stereocenters. The van der Waals surface area contributed by atoms with Gasteiger partial charge < -0.3 is 5.32 Å². The first kappa shape index (κ1) is 14.4. The zero-order valence-electron chi connectivity index (χ0n) is 13.1. The normalized spacial score (nSPS) is 23.0. The lowest BCUT2D eigenvalue weighted by molar-refractivity contribution is 0.443. The first-order chi connectivity index (χ1) is 10.3. The van der Waals surface area contributed by atoms with Gasteiger partial charge in [0.2, 0.25) is 0 Å². The Bertz CT molecular complexity index is 514. The Morgan fingerprint density at radius 1 is 1.05 bits per heavy atom. The van der Waals surface area contributed by atoms with Gasteiger partial charge in [-0.2, -0.15) is 0 Å². The zero-order chi connectivity index (χ0) is 14.5. The Balaban J connectivity index is 1.94. The molecule has 0 spiro atoms. The maximum absolute atomic E-state index is 5.17. The summed E-state index contributed by atoms with van der Waals surface area (Å²) in [6.45, 7) is 3.35. The predicted molar refractivity (Wildman–Crippen MR) is 89.8 cm³/mol. The van der Waals surface area contributed by atoms with Crippen LogP contribution in [-0.2, 0) is 0 Å². The molecule has 1 saturated heterocycles. The highest BCUT2D eigenvalue weighted by Crippen LogP contribution is 2.24. The third-order valence-corrected chi connectivity index (χ3v) is 4.68. The van der Waals surface area contributed by atoms with E-state index in [0.29, 0.717) is 6.04 Å². The minimum absolute atomic E-state index is 0.519. The second-order valence-electron chi connectivity index (χ2n) is 6.27. The summed E-state index contributed by atoms with van der Waals surface area (Å²) in [6, 6.07) is 11.2. The standard InChI is InChI=1S/C19H26N2/c1-15(18-13-8-14-20-18)19(16-9-4-2-5-10-16)21-17-11-6-3-7-12-17/h2,4-5,9-10,17,20H,3,6-8,11-14H2,1H3/b18-15-,21-19-. The number of aliphatic imine (C=N–C) groups is 1. The third kappa shape index (κ3) is 3.55. The van der Waals surface area contributed by atoms with Crippen LogP contribution in [0.2, 0.25) is 0 Å². The first-order valence-electron chi connectivity index (χ1n) is 8.42. The van der Waals surface area contributed by atoms with E-state index >= 15 is 0 Å². The highest BCUT2D eigenvalue weighted by atomic mass is 14.9. The van der Waals surface area contributed by atoms with E-state index in [-0.39, 0.29) is 0 Å². The number of rotatable bonds is 3. The summed E-state index contributed by atoms with van der Waals surface area (Å²) >= 11 is 0. The Labute approximate surface area is 128 Å². The van der Waals surface area contributed by atoms with Gasteiger partial charge in [-0.15, -0.1) is 0 Å². The minimum atomic E-state index is 0.519. The van der Waals surface area contributed by atoms with Gasteiger partial charge in [0.25, 0.3) is 0 Å². The number of nitrogens with zero attached hydrogens (tertiary/aromatic N) is 1. The number of hydrogen-bond donors (Lipinski definition) is 1. The Hall–Kier alpha value is -1.57. The van der Waals surface area contributed by atoms with Crippen LogP contribution in [0.15, 0.2) is 46.6 Å². The second-order valence-corrected chi connectivity index (χ2v) is 6.27. The lowest BCUT2D eigenvalue weighted by Gasteiger charge is -2.20. The average molecular weight is 282 g/mol. The molecule has 2 fully saturated rings. The van der Waals surface area contributed by atoms with E-state index in [0.717, 1.165) is 6.54 Å². The summed E-state index contributed by atoms with van der Waals surface area (Å²) in [4.78, 5) is 5.17. The minimum Gasteiger partial charge on any atom is -0.388 e. The van der Waals surface area contributed by atoms with Crippen molar-refractivity contribution in [2.45, 2.75) is 57.9 Å². The molecule has 0 amide bonds. The number of hydrogen-bond acceptors (Lipinski definition) is 2. The van der Waals surface area contributed by atoms with Crippen LogP contribution in [0.4, 0.5) is 0 Å². The van der Waals surface area contributed by atoms with Crippen molar-refractivity contribution in [2.24, 2.45) is 4.99 Å². The summed E-state index contributed by atoms with van der Waals surface area (Å²) in [5.74, 6) is 0. The van der Waals surface area contributed by atoms with Crippen LogP contribution >= 0.6 is 0 Å². The van der Waals surface area contributed by atoms with Gasteiger partial charge >= 0.3 is 0 Å². The van der Waals surface area contributed by atoms with Crippen LogP contribution < -0.4 is 5.32 Å². The Kier molecular flexibility index (Phi) is 4.74. The quantitative estimate of drug-likeness (QED) is 0.813. The second kappa shape index (κ2) is 6.93. The molecule has 2 nitrogen and oxygen atoms in total. The molecular weight excluding hydrogens is 256 g/mol. The van der Waals surface area contributed by atoms with Gasteiger partial charge in [-0.1, -0.05) is 49.6 Å². The van der Waals surface area contributed by atoms with Crippen molar-refractivity contribution in [3.05, 3.63) is 47.2 Å². The van der Waals surface area contributed by atoms with Crippen LogP contribution in [0.25, 0.3) is 0 Å². The fourth-order valence-corrected chi connectivity index (χ4v) is 3.43. The van der Waals surface area contributed by atoms with Crippen molar-refractivity contribution < 1.29 is 0 Å². The number of benzene rings is 1. The highest BCUT2D eigenvalue weighted by Gasteiger charge is 2.18. The maximum atomic E-state index is 5.17. The van der Waals surface area contributed by atoms with Gasteiger partial charge in [-0.3, -0.25) is 4.99 Å². The molecule has 3 rings (SSSR count). The Morgan fingerprint density at radius 3 is 2.48 bits per heavy atom. The molecule has 2 aliphatic rings. The molecule has 1 N–H and O–H groups in total. The van der Waals surface area contributed by atoms with Gasteiger partial charge in [-0.25, -0.2) is 0 Å². The molecule has 112 valence electrons. The first-order valence-corrected chi connectivity index (χ1v) is 8.42. The van der Waals surface area contributed by atoms with Crippen molar-refractivity contribution in [1.82, 2.24) is 5.32 Å². The molecule has 1 aromatic rings. The van der Waals surface area contributed by atoms with E-state index in [2.05, 4.69) is 42.6 Å². The van der Waals surface area contributed by atoms with E-state index in [1.54, 1.807) is 0 Å². The summed E-state index contributed by atoms with van der Waals surface area (Å²) < 4.78 is 0. The topological polar surface area (TPSA) is 24.4 Å². The Morgan fingerprint density at radius 2 is 1.81 bits per heavy atom. The number of allylic oxidation sites excluding steroid dienone is 2. The third-order valence-electron chi connectivity index (χ3n) is 4.68. The van der Waals surface area contributed by atoms with E-state index in [1.807, 2.05) is 0 Å². The van der Waals surface area contributed by atoms with Gasteiger partial charge in [0, 0.05) is 12.2 Å². The fourth-order valence-electron chi connectivity index (χ4n) is 3.43. The van der Waals surface area contributed by atoms with Crippen molar-refractivity contribution >= 4 is 5.71 Å². The lowest BCUT2D eigenvalue weighted by atomic mass is 9.94. The van der Waals surface area contributed by atoms with Crippen LogP contribution in [-0.4, -0.2) is 18.3 Å². The lowest BCUT2D eigenvalue weighted by Crippen LogP contribution is -2.17. The average Bonchev–Trinajstić information content (AvgIpc) is 3.08. The van der Waals surface area contributed by atoms with Gasteiger partial charge in [0.15, 0.2) is 0 Å². The predicted octanol–water partition coefficient (Wildman–Crippen LogP) is 4.47. The molecular formula is C19H26N2. The molecule has 0 aromatic heterocycles. The van der Waals surface area contributed by atoms with E-state index < -0.39 is 0 Å². The largest absolute Gasteiger partial charge is 0.388 e. The molecule has 2 heteroatoms. The van der Waals surface area contributed by atoms with Crippen molar-refractivity contribution in [1.29, 1.82) is 0 Å². The SMILES string of the molecule is CC(=C1\CCCN1)/C(=N/C1CCCCC1)c1ccccc1. The molecule has 1 aromatic carbocycles. The van der Waals surface area contributed by atoms with Gasteiger partial charge in [-0.05, 0) is 43.7 Å². The summed E-state index contributed by atoms with van der Waals surface area (Å²) in [6.07, 6.45) is 8.99. The highest BCUT2D eigenvalue weighted by molar-refractivity contribution is 6.12. The summed E-state index contributed by atoms with van der Waals surface area (Å²) in [5.41, 5.74) is 5.23. The molecule has 0 radical (unpaired) electrons. The maximum Gasteiger partial charge on any atom is 0.0696 e. The molecule has 0 unspecified atom stereocenters. The molecule has 1 saturated carbocycles. The summed E-state index contributed by atoms with van der Waals surface area (Å²) in [7, 11) is 0. The van der Waals surface area contributed by atoms with Crippen molar-refractivity contribution in [3.63, 3.8) is 0 Å². The zero-order valence-corrected chi connectivity index (χ0v) is 13.1.